The zero-order valence-corrected chi connectivity index (χ0v) is 13.9. The highest BCUT2D eigenvalue weighted by molar-refractivity contribution is 6.33. The average Bonchev–Trinajstić information content (AvgIpc) is 3.04. The van der Waals surface area contributed by atoms with Gasteiger partial charge in [-0.15, -0.1) is 10.2 Å². The van der Waals surface area contributed by atoms with Gasteiger partial charge in [0.25, 0.3) is 5.91 Å². The van der Waals surface area contributed by atoms with Gasteiger partial charge in [0.2, 0.25) is 11.8 Å². The van der Waals surface area contributed by atoms with Gasteiger partial charge in [-0.3, -0.25) is 4.79 Å². The molecule has 0 saturated carbocycles. The van der Waals surface area contributed by atoms with Crippen molar-refractivity contribution in [2.24, 2.45) is 0 Å². The zero-order valence-electron chi connectivity index (χ0n) is 13.1. The number of carbonyl (C=O) groups is 1. The molecule has 0 aliphatic carbocycles. The maximum atomic E-state index is 12.1. The molecule has 0 spiro atoms. The van der Waals surface area contributed by atoms with Gasteiger partial charge in [0.05, 0.1) is 10.6 Å². The summed E-state index contributed by atoms with van der Waals surface area (Å²) in [6.07, 6.45) is 0.453. The summed E-state index contributed by atoms with van der Waals surface area (Å²) in [5.74, 6) is 0.728. The minimum Gasteiger partial charge on any atom is -0.421 e. The van der Waals surface area contributed by atoms with E-state index < -0.39 is 0 Å². The van der Waals surface area contributed by atoms with E-state index in [-0.39, 0.29) is 5.91 Å². The summed E-state index contributed by atoms with van der Waals surface area (Å²) in [6, 6.07) is 14.8. The Morgan fingerprint density at radius 3 is 2.62 bits per heavy atom. The minimum atomic E-state index is -0.223. The number of nitrogens with one attached hydrogen (secondary N) is 1. The summed E-state index contributed by atoms with van der Waals surface area (Å²) >= 11 is 6.00. The first kappa shape index (κ1) is 16.2. The Morgan fingerprint density at radius 1 is 1.12 bits per heavy atom. The number of aryl methyl sites for hydroxylation is 1. The molecule has 3 aromatic rings. The first-order valence-corrected chi connectivity index (χ1v) is 7.93. The highest BCUT2D eigenvalue weighted by Gasteiger charge is 2.11. The number of amides is 1. The van der Waals surface area contributed by atoms with Gasteiger partial charge >= 0.3 is 0 Å². The maximum absolute atomic E-state index is 12.1. The monoisotopic (exact) mass is 341 g/mol. The van der Waals surface area contributed by atoms with Crippen molar-refractivity contribution in [1.82, 2.24) is 15.5 Å². The second-order valence-corrected chi connectivity index (χ2v) is 5.76. The third-order valence-electron chi connectivity index (χ3n) is 3.51. The van der Waals surface area contributed by atoms with Crippen molar-refractivity contribution >= 4 is 17.5 Å². The molecule has 1 N–H and O–H groups in total. The molecule has 1 heterocycles. The van der Waals surface area contributed by atoms with Gasteiger partial charge < -0.3 is 9.73 Å². The van der Waals surface area contributed by atoms with Crippen LogP contribution in [0.2, 0.25) is 5.02 Å². The second-order valence-electron chi connectivity index (χ2n) is 5.35. The molecule has 0 unspecified atom stereocenters. The van der Waals surface area contributed by atoms with Gasteiger partial charge in [0.1, 0.15) is 0 Å². The molecule has 0 aliphatic heterocycles. The van der Waals surface area contributed by atoms with E-state index in [1.54, 1.807) is 24.3 Å². The fourth-order valence-corrected chi connectivity index (χ4v) is 2.41. The topological polar surface area (TPSA) is 68.0 Å². The predicted octanol–water partition coefficient (Wildman–Crippen LogP) is 3.67. The fraction of sp³-hybridized carbons (Fsp3) is 0.167. The molecule has 6 heteroatoms. The molecule has 0 radical (unpaired) electrons. The van der Waals surface area contributed by atoms with Crippen LogP contribution in [0.4, 0.5) is 0 Å². The molecule has 122 valence electrons. The molecule has 1 aromatic heterocycles. The second kappa shape index (κ2) is 7.27. The molecule has 0 aliphatic rings. The van der Waals surface area contributed by atoms with Crippen LogP contribution < -0.4 is 5.32 Å². The molecule has 5 nitrogen and oxygen atoms in total. The lowest BCUT2D eigenvalue weighted by atomic mass is 10.1. The van der Waals surface area contributed by atoms with Gasteiger partial charge in [-0.25, -0.2) is 0 Å². The number of carbonyl (C=O) groups excluding carboxylic acids is 1. The molecule has 0 bridgehead atoms. The van der Waals surface area contributed by atoms with Crippen LogP contribution in [0.3, 0.4) is 0 Å². The lowest BCUT2D eigenvalue weighted by Crippen LogP contribution is -2.26. The van der Waals surface area contributed by atoms with E-state index >= 15 is 0 Å². The quantitative estimate of drug-likeness (QED) is 0.768. The lowest BCUT2D eigenvalue weighted by Gasteiger charge is -2.04. The Hall–Kier alpha value is -2.66. The summed E-state index contributed by atoms with van der Waals surface area (Å²) in [5, 5.41) is 11.3. The lowest BCUT2D eigenvalue weighted by molar-refractivity contribution is 0.0954. The van der Waals surface area contributed by atoms with Gasteiger partial charge in [-0.2, -0.15) is 0 Å². The van der Waals surface area contributed by atoms with Crippen molar-refractivity contribution in [3.63, 3.8) is 0 Å². The number of halogens is 1. The molecular formula is C18H16ClN3O2. The summed E-state index contributed by atoms with van der Waals surface area (Å²) < 4.78 is 5.62. The highest BCUT2D eigenvalue weighted by atomic mass is 35.5. The Morgan fingerprint density at radius 2 is 1.88 bits per heavy atom. The number of rotatable bonds is 5. The molecule has 0 fully saturated rings. The van der Waals surface area contributed by atoms with Crippen molar-refractivity contribution in [3.8, 4) is 11.5 Å². The van der Waals surface area contributed by atoms with E-state index in [0.29, 0.717) is 35.3 Å². The summed E-state index contributed by atoms with van der Waals surface area (Å²) in [7, 11) is 0. The predicted molar refractivity (Wildman–Crippen MR) is 92.0 cm³/mol. The summed E-state index contributed by atoms with van der Waals surface area (Å²) in [5.41, 5.74) is 2.49. The van der Waals surface area contributed by atoms with Crippen molar-refractivity contribution in [3.05, 3.63) is 70.6 Å². The van der Waals surface area contributed by atoms with Crippen LogP contribution in [0, 0.1) is 6.92 Å². The van der Waals surface area contributed by atoms with Crippen molar-refractivity contribution in [1.29, 1.82) is 0 Å². The highest BCUT2D eigenvalue weighted by Crippen LogP contribution is 2.18. The molecule has 0 saturated heterocycles. The number of nitrogens with zero attached hydrogens (tertiary/aromatic N) is 2. The average molecular weight is 342 g/mol. The van der Waals surface area contributed by atoms with Gasteiger partial charge in [-0.05, 0) is 31.2 Å². The van der Waals surface area contributed by atoms with Gasteiger partial charge in [0.15, 0.2) is 0 Å². The van der Waals surface area contributed by atoms with E-state index in [2.05, 4.69) is 15.5 Å². The van der Waals surface area contributed by atoms with Crippen LogP contribution in [0.5, 0.6) is 0 Å². The van der Waals surface area contributed by atoms with Crippen LogP contribution in [-0.4, -0.2) is 22.6 Å². The number of hydrogen-bond donors (Lipinski definition) is 1. The van der Waals surface area contributed by atoms with E-state index in [0.717, 1.165) is 5.56 Å². The largest absolute Gasteiger partial charge is 0.421 e. The normalized spacial score (nSPS) is 10.6. The van der Waals surface area contributed by atoms with Crippen LogP contribution in [0.15, 0.2) is 52.9 Å². The van der Waals surface area contributed by atoms with E-state index in [4.69, 9.17) is 16.0 Å². The first-order chi connectivity index (χ1) is 11.6. The molecular weight excluding hydrogens is 326 g/mol. The van der Waals surface area contributed by atoms with Gasteiger partial charge in [0, 0.05) is 18.5 Å². The van der Waals surface area contributed by atoms with E-state index in [9.17, 15) is 4.79 Å². The number of hydrogen-bond acceptors (Lipinski definition) is 4. The Balaban J connectivity index is 1.57. The molecule has 0 atom stereocenters. The summed E-state index contributed by atoms with van der Waals surface area (Å²) in [4.78, 5) is 12.1. The van der Waals surface area contributed by atoms with Crippen molar-refractivity contribution < 1.29 is 9.21 Å². The smallest absolute Gasteiger partial charge is 0.252 e. The van der Waals surface area contributed by atoms with Crippen LogP contribution in [0.25, 0.3) is 11.5 Å². The van der Waals surface area contributed by atoms with Crippen LogP contribution >= 0.6 is 11.6 Å². The van der Waals surface area contributed by atoms with E-state index in [1.807, 2.05) is 31.2 Å². The fourth-order valence-electron chi connectivity index (χ4n) is 2.19. The molecule has 2 aromatic carbocycles. The third kappa shape index (κ3) is 3.81. The molecule has 3 rings (SSSR count). The standard InChI is InChI=1S/C18H16ClN3O2/c1-12-6-8-13(9-7-12)18-22-21-16(24-18)10-11-20-17(23)14-4-2-3-5-15(14)19/h2-9H,10-11H2,1H3,(H,20,23). The van der Waals surface area contributed by atoms with Crippen LogP contribution in [0.1, 0.15) is 21.8 Å². The maximum Gasteiger partial charge on any atom is 0.252 e. The van der Waals surface area contributed by atoms with Crippen molar-refractivity contribution in [2.45, 2.75) is 13.3 Å². The van der Waals surface area contributed by atoms with Gasteiger partial charge in [-0.1, -0.05) is 41.4 Å². The molecule has 1 amide bonds. The zero-order chi connectivity index (χ0) is 16.9. The first-order valence-electron chi connectivity index (χ1n) is 7.55. The SMILES string of the molecule is Cc1ccc(-c2nnc(CCNC(=O)c3ccccc3Cl)o2)cc1. The Labute approximate surface area is 144 Å². The minimum absolute atomic E-state index is 0.223. The number of aromatic nitrogens is 2. The third-order valence-corrected chi connectivity index (χ3v) is 3.84. The Kier molecular flexibility index (Phi) is 4.91. The van der Waals surface area contributed by atoms with E-state index in [1.165, 1.54) is 5.56 Å². The summed E-state index contributed by atoms with van der Waals surface area (Å²) in [6.45, 7) is 2.41. The van der Waals surface area contributed by atoms with Crippen molar-refractivity contribution in [2.75, 3.05) is 6.54 Å². The Bertz CT molecular complexity index is 843. The van der Waals surface area contributed by atoms with Crippen LogP contribution in [-0.2, 0) is 6.42 Å². The molecule has 24 heavy (non-hydrogen) atoms. The number of benzene rings is 2.